The zero-order valence-corrected chi connectivity index (χ0v) is 9.26. The zero-order valence-electron chi connectivity index (χ0n) is 8.45. The van der Waals surface area contributed by atoms with Gasteiger partial charge >= 0.3 is 5.97 Å². The SMILES string of the molecule is CCOC(=O)Cc1ccccc1SC. The molecule has 3 heteroatoms. The molecule has 0 aliphatic heterocycles. The van der Waals surface area contributed by atoms with Crippen molar-refractivity contribution < 1.29 is 9.53 Å². The molecule has 1 aromatic carbocycles. The first-order valence-corrected chi connectivity index (χ1v) is 5.78. The molecule has 0 spiro atoms. The molecule has 0 radical (unpaired) electrons. The number of thioether (sulfide) groups is 1. The lowest BCUT2D eigenvalue weighted by Crippen LogP contribution is -2.08. The molecule has 1 rings (SSSR count). The van der Waals surface area contributed by atoms with E-state index >= 15 is 0 Å². The average Bonchev–Trinajstić information content (AvgIpc) is 2.19. The summed E-state index contributed by atoms with van der Waals surface area (Å²) in [6.07, 6.45) is 2.37. The van der Waals surface area contributed by atoms with Crippen LogP contribution in [0.4, 0.5) is 0 Å². The summed E-state index contributed by atoms with van der Waals surface area (Å²) in [4.78, 5) is 12.4. The van der Waals surface area contributed by atoms with Crippen molar-refractivity contribution in [3.05, 3.63) is 29.8 Å². The molecule has 0 aliphatic rings. The van der Waals surface area contributed by atoms with E-state index in [1.165, 1.54) is 0 Å². The van der Waals surface area contributed by atoms with Crippen LogP contribution in [0.2, 0.25) is 0 Å². The van der Waals surface area contributed by atoms with Gasteiger partial charge in [-0.2, -0.15) is 0 Å². The summed E-state index contributed by atoms with van der Waals surface area (Å²) >= 11 is 1.65. The molecule has 0 aliphatic carbocycles. The fourth-order valence-electron chi connectivity index (χ4n) is 1.22. The summed E-state index contributed by atoms with van der Waals surface area (Å²) in [7, 11) is 0. The van der Waals surface area contributed by atoms with E-state index in [1.807, 2.05) is 37.4 Å². The second kappa shape index (κ2) is 5.70. The third-order valence-electron chi connectivity index (χ3n) is 1.83. The maximum Gasteiger partial charge on any atom is 0.310 e. The van der Waals surface area contributed by atoms with Crippen LogP contribution >= 0.6 is 11.8 Å². The van der Waals surface area contributed by atoms with Gasteiger partial charge in [-0.05, 0) is 24.8 Å². The highest BCUT2D eigenvalue weighted by atomic mass is 32.2. The zero-order chi connectivity index (χ0) is 10.4. The number of carbonyl (C=O) groups is 1. The maximum absolute atomic E-state index is 11.2. The molecule has 0 unspecified atom stereocenters. The van der Waals surface area contributed by atoms with Gasteiger partial charge in [0.05, 0.1) is 13.0 Å². The Kier molecular flexibility index (Phi) is 4.53. The Hall–Kier alpha value is -0.960. The first-order valence-electron chi connectivity index (χ1n) is 4.55. The minimum Gasteiger partial charge on any atom is -0.466 e. The summed E-state index contributed by atoms with van der Waals surface area (Å²) in [5, 5.41) is 0. The quantitative estimate of drug-likeness (QED) is 0.564. The van der Waals surface area contributed by atoms with Gasteiger partial charge in [0.15, 0.2) is 0 Å². The molecule has 14 heavy (non-hydrogen) atoms. The van der Waals surface area contributed by atoms with Gasteiger partial charge in [0.2, 0.25) is 0 Å². The summed E-state index contributed by atoms with van der Waals surface area (Å²) < 4.78 is 4.90. The van der Waals surface area contributed by atoms with E-state index in [0.29, 0.717) is 13.0 Å². The smallest absolute Gasteiger partial charge is 0.310 e. The number of hydrogen-bond acceptors (Lipinski definition) is 3. The first kappa shape index (κ1) is 11.1. The van der Waals surface area contributed by atoms with Crippen LogP contribution in [-0.4, -0.2) is 18.8 Å². The fourth-order valence-corrected chi connectivity index (χ4v) is 1.83. The molecular formula is C11H14O2S. The number of hydrogen-bond donors (Lipinski definition) is 0. The van der Waals surface area contributed by atoms with Crippen LogP contribution in [0.1, 0.15) is 12.5 Å². The van der Waals surface area contributed by atoms with Crippen molar-refractivity contribution in [2.24, 2.45) is 0 Å². The maximum atomic E-state index is 11.2. The Labute approximate surface area is 88.7 Å². The van der Waals surface area contributed by atoms with Crippen LogP contribution in [0.3, 0.4) is 0 Å². The molecule has 76 valence electrons. The number of esters is 1. The highest BCUT2D eigenvalue weighted by molar-refractivity contribution is 7.98. The van der Waals surface area contributed by atoms with Crippen molar-refractivity contribution in [3.8, 4) is 0 Å². The molecule has 0 saturated carbocycles. The molecule has 0 saturated heterocycles. The van der Waals surface area contributed by atoms with Gasteiger partial charge in [0, 0.05) is 4.90 Å². The lowest BCUT2D eigenvalue weighted by Gasteiger charge is -2.06. The van der Waals surface area contributed by atoms with E-state index in [1.54, 1.807) is 11.8 Å². The second-order valence-electron chi connectivity index (χ2n) is 2.79. The molecule has 0 fully saturated rings. The molecule has 0 amide bonds. The van der Waals surface area contributed by atoms with Gasteiger partial charge in [0.1, 0.15) is 0 Å². The van der Waals surface area contributed by atoms with Crippen molar-refractivity contribution in [3.63, 3.8) is 0 Å². The van der Waals surface area contributed by atoms with E-state index in [2.05, 4.69) is 0 Å². The van der Waals surface area contributed by atoms with E-state index in [4.69, 9.17) is 4.74 Å². The minimum atomic E-state index is -0.158. The van der Waals surface area contributed by atoms with Crippen molar-refractivity contribution >= 4 is 17.7 Å². The summed E-state index contributed by atoms with van der Waals surface area (Å²) in [6, 6.07) is 7.89. The monoisotopic (exact) mass is 210 g/mol. The normalized spacial score (nSPS) is 9.86. The highest BCUT2D eigenvalue weighted by Gasteiger charge is 2.06. The summed E-state index contributed by atoms with van der Waals surface area (Å²) in [5.41, 5.74) is 1.04. The molecule has 0 N–H and O–H groups in total. The van der Waals surface area contributed by atoms with Gasteiger partial charge in [-0.3, -0.25) is 4.79 Å². The number of rotatable bonds is 4. The first-order chi connectivity index (χ1) is 6.77. The lowest BCUT2D eigenvalue weighted by molar-refractivity contribution is -0.142. The Bertz CT molecular complexity index is 310. The third kappa shape index (κ3) is 3.07. The Morgan fingerprint density at radius 2 is 2.14 bits per heavy atom. The van der Waals surface area contributed by atoms with Crippen molar-refractivity contribution in [1.82, 2.24) is 0 Å². The second-order valence-corrected chi connectivity index (χ2v) is 3.64. The summed E-state index contributed by atoms with van der Waals surface area (Å²) in [5.74, 6) is -0.158. The fraction of sp³-hybridized carbons (Fsp3) is 0.364. The van der Waals surface area contributed by atoms with E-state index in [0.717, 1.165) is 10.5 Å². The molecule has 0 heterocycles. The molecule has 2 nitrogen and oxygen atoms in total. The van der Waals surface area contributed by atoms with Gasteiger partial charge in [0.25, 0.3) is 0 Å². The predicted molar refractivity (Wildman–Crippen MR) is 58.6 cm³/mol. The molecular weight excluding hydrogens is 196 g/mol. The van der Waals surface area contributed by atoms with E-state index in [-0.39, 0.29) is 5.97 Å². The Morgan fingerprint density at radius 3 is 2.79 bits per heavy atom. The predicted octanol–water partition coefficient (Wildman–Crippen LogP) is 2.51. The lowest BCUT2D eigenvalue weighted by atomic mass is 10.1. The van der Waals surface area contributed by atoms with E-state index in [9.17, 15) is 4.79 Å². The van der Waals surface area contributed by atoms with Crippen LogP contribution in [-0.2, 0) is 16.0 Å². The summed E-state index contributed by atoms with van der Waals surface area (Å²) in [6.45, 7) is 2.26. The van der Waals surface area contributed by atoms with Crippen LogP contribution in [0.25, 0.3) is 0 Å². The average molecular weight is 210 g/mol. The van der Waals surface area contributed by atoms with Gasteiger partial charge in [-0.25, -0.2) is 0 Å². The van der Waals surface area contributed by atoms with Gasteiger partial charge in [-0.1, -0.05) is 18.2 Å². The van der Waals surface area contributed by atoms with Crippen LogP contribution in [0.15, 0.2) is 29.2 Å². The Morgan fingerprint density at radius 1 is 1.43 bits per heavy atom. The number of ether oxygens (including phenoxy) is 1. The van der Waals surface area contributed by atoms with Gasteiger partial charge < -0.3 is 4.74 Å². The molecule has 0 bridgehead atoms. The van der Waals surface area contributed by atoms with Crippen molar-refractivity contribution in [1.29, 1.82) is 0 Å². The van der Waals surface area contributed by atoms with Crippen LogP contribution in [0, 0.1) is 0 Å². The molecule has 1 aromatic rings. The standard InChI is InChI=1S/C11H14O2S/c1-3-13-11(12)8-9-6-4-5-7-10(9)14-2/h4-7H,3,8H2,1-2H3. The molecule has 0 atom stereocenters. The minimum absolute atomic E-state index is 0.158. The third-order valence-corrected chi connectivity index (χ3v) is 2.67. The van der Waals surface area contributed by atoms with Crippen LogP contribution in [0.5, 0.6) is 0 Å². The largest absolute Gasteiger partial charge is 0.466 e. The van der Waals surface area contributed by atoms with Crippen molar-refractivity contribution in [2.75, 3.05) is 12.9 Å². The van der Waals surface area contributed by atoms with Crippen molar-refractivity contribution in [2.45, 2.75) is 18.2 Å². The van der Waals surface area contributed by atoms with Crippen LogP contribution < -0.4 is 0 Å². The number of benzene rings is 1. The Balaban J connectivity index is 2.70. The topological polar surface area (TPSA) is 26.3 Å². The highest BCUT2D eigenvalue weighted by Crippen LogP contribution is 2.20. The molecule has 0 aromatic heterocycles. The number of carbonyl (C=O) groups excluding carboxylic acids is 1. The van der Waals surface area contributed by atoms with E-state index < -0.39 is 0 Å². The van der Waals surface area contributed by atoms with Gasteiger partial charge in [-0.15, -0.1) is 11.8 Å².